The van der Waals surface area contributed by atoms with Crippen molar-refractivity contribution < 1.29 is 0 Å². The van der Waals surface area contributed by atoms with Gasteiger partial charge in [0.15, 0.2) is 0 Å². The molecule has 1 saturated heterocycles. The maximum atomic E-state index is 4.62. The van der Waals surface area contributed by atoms with Crippen LogP contribution in [0, 0.1) is 0 Å². The lowest BCUT2D eigenvalue weighted by Crippen LogP contribution is -2.34. The molecule has 3 nitrogen and oxygen atoms in total. The van der Waals surface area contributed by atoms with Gasteiger partial charge in [-0.15, -0.1) is 0 Å². The van der Waals surface area contributed by atoms with Crippen molar-refractivity contribution in [1.29, 1.82) is 0 Å². The van der Waals surface area contributed by atoms with Crippen molar-refractivity contribution in [3.63, 3.8) is 0 Å². The van der Waals surface area contributed by atoms with E-state index in [0.717, 1.165) is 13.1 Å². The molecule has 1 fully saturated rings. The van der Waals surface area contributed by atoms with E-state index < -0.39 is 0 Å². The molecule has 3 heteroatoms. The summed E-state index contributed by atoms with van der Waals surface area (Å²) in [6.07, 6.45) is 6.67. The van der Waals surface area contributed by atoms with Crippen LogP contribution in [0.1, 0.15) is 31.5 Å². The summed E-state index contributed by atoms with van der Waals surface area (Å²) in [5, 5.41) is 0. The molecular formula is C14H19N3. The van der Waals surface area contributed by atoms with Crippen molar-refractivity contribution in [3.8, 4) is 0 Å². The average Bonchev–Trinajstić information content (AvgIpc) is 2.82. The van der Waals surface area contributed by atoms with Crippen molar-refractivity contribution >= 4 is 5.52 Å². The first-order valence-electron chi connectivity index (χ1n) is 6.53. The van der Waals surface area contributed by atoms with Gasteiger partial charge in [0.2, 0.25) is 0 Å². The lowest BCUT2D eigenvalue weighted by Gasteiger charge is -2.31. The van der Waals surface area contributed by atoms with Crippen LogP contribution in [0.15, 0.2) is 30.6 Å². The number of likely N-dealkylation sites (N-methyl/N-ethyl adjacent to an activating group) is 1. The normalized spacial score (nSPS) is 22.1. The zero-order valence-corrected chi connectivity index (χ0v) is 10.3. The second kappa shape index (κ2) is 4.49. The summed E-state index contributed by atoms with van der Waals surface area (Å²) in [7, 11) is 0. The standard InChI is InChI=1S/C14H19N3/c1-2-16-8-5-6-12(11-16)14-15-10-13-7-3-4-9-17(13)14/h3-4,7,9-10,12H,2,5-6,8,11H2,1H3. The van der Waals surface area contributed by atoms with E-state index >= 15 is 0 Å². The first kappa shape index (κ1) is 10.8. The molecule has 0 saturated carbocycles. The zero-order valence-electron chi connectivity index (χ0n) is 10.3. The molecule has 90 valence electrons. The van der Waals surface area contributed by atoms with Crippen molar-refractivity contribution in [2.45, 2.75) is 25.7 Å². The molecule has 17 heavy (non-hydrogen) atoms. The maximum Gasteiger partial charge on any atom is 0.117 e. The van der Waals surface area contributed by atoms with Crippen LogP contribution in [-0.4, -0.2) is 33.9 Å². The molecule has 0 N–H and O–H groups in total. The van der Waals surface area contributed by atoms with Gasteiger partial charge in [0.05, 0.1) is 11.7 Å². The van der Waals surface area contributed by atoms with Crippen LogP contribution in [0.5, 0.6) is 0 Å². The van der Waals surface area contributed by atoms with E-state index in [1.54, 1.807) is 0 Å². The number of likely N-dealkylation sites (tertiary alicyclic amines) is 1. The number of imidazole rings is 1. The summed E-state index contributed by atoms with van der Waals surface area (Å²) >= 11 is 0. The van der Waals surface area contributed by atoms with Crippen LogP contribution < -0.4 is 0 Å². The minimum atomic E-state index is 0.591. The van der Waals surface area contributed by atoms with Gasteiger partial charge in [0.1, 0.15) is 5.82 Å². The highest BCUT2D eigenvalue weighted by atomic mass is 15.1. The number of hydrogen-bond acceptors (Lipinski definition) is 2. The molecule has 0 bridgehead atoms. The van der Waals surface area contributed by atoms with E-state index in [9.17, 15) is 0 Å². The van der Waals surface area contributed by atoms with Gasteiger partial charge in [0.25, 0.3) is 0 Å². The molecule has 1 atom stereocenters. The lowest BCUT2D eigenvalue weighted by molar-refractivity contribution is 0.213. The lowest BCUT2D eigenvalue weighted by atomic mass is 9.97. The molecule has 0 spiro atoms. The first-order chi connectivity index (χ1) is 8.38. The maximum absolute atomic E-state index is 4.62. The van der Waals surface area contributed by atoms with Gasteiger partial charge in [-0.05, 0) is 38.1 Å². The van der Waals surface area contributed by atoms with Gasteiger partial charge in [-0.25, -0.2) is 4.98 Å². The van der Waals surface area contributed by atoms with Crippen LogP contribution in [0.25, 0.3) is 5.52 Å². The second-order valence-corrected chi connectivity index (χ2v) is 4.84. The molecule has 2 aromatic heterocycles. The molecule has 0 aliphatic carbocycles. The third-order valence-corrected chi connectivity index (χ3v) is 3.79. The number of hydrogen-bond donors (Lipinski definition) is 0. The zero-order chi connectivity index (χ0) is 11.7. The average molecular weight is 229 g/mol. The molecule has 1 unspecified atom stereocenters. The predicted octanol–water partition coefficient (Wildman–Crippen LogP) is 2.53. The predicted molar refractivity (Wildman–Crippen MR) is 69.3 cm³/mol. The number of piperidine rings is 1. The molecule has 0 radical (unpaired) electrons. The number of aromatic nitrogens is 2. The van der Waals surface area contributed by atoms with Gasteiger partial charge in [-0.2, -0.15) is 0 Å². The molecule has 2 aromatic rings. The fourth-order valence-electron chi connectivity index (χ4n) is 2.82. The minimum Gasteiger partial charge on any atom is -0.303 e. The number of pyridine rings is 1. The summed E-state index contributed by atoms with van der Waals surface area (Å²) in [6, 6.07) is 6.27. The van der Waals surface area contributed by atoms with Crippen LogP contribution in [0.3, 0.4) is 0 Å². The fourth-order valence-corrected chi connectivity index (χ4v) is 2.82. The highest BCUT2D eigenvalue weighted by molar-refractivity contribution is 5.46. The van der Waals surface area contributed by atoms with Gasteiger partial charge in [-0.1, -0.05) is 13.0 Å². The van der Waals surface area contributed by atoms with E-state index in [1.165, 1.54) is 30.7 Å². The van der Waals surface area contributed by atoms with E-state index in [-0.39, 0.29) is 0 Å². The highest BCUT2D eigenvalue weighted by Crippen LogP contribution is 2.26. The third kappa shape index (κ3) is 1.95. The second-order valence-electron chi connectivity index (χ2n) is 4.84. The quantitative estimate of drug-likeness (QED) is 0.789. The summed E-state index contributed by atoms with van der Waals surface area (Å²) < 4.78 is 2.24. The third-order valence-electron chi connectivity index (χ3n) is 3.79. The van der Waals surface area contributed by atoms with Gasteiger partial charge in [0, 0.05) is 18.7 Å². The Morgan fingerprint density at radius 1 is 1.41 bits per heavy atom. The monoisotopic (exact) mass is 229 g/mol. The fraction of sp³-hybridized carbons (Fsp3) is 0.500. The van der Waals surface area contributed by atoms with Crippen LogP contribution >= 0.6 is 0 Å². The number of rotatable bonds is 2. The van der Waals surface area contributed by atoms with E-state index in [2.05, 4.69) is 45.6 Å². The van der Waals surface area contributed by atoms with E-state index in [0.29, 0.717) is 5.92 Å². The first-order valence-corrected chi connectivity index (χ1v) is 6.53. The van der Waals surface area contributed by atoms with E-state index in [4.69, 9.17) is 0 Å². The van der Waals surface area contributed by atoms with E-state index in [1.807, 2.05) is 6.20 Å². The Kier molecular flexibility index (Phi) is 2.85. The van der Waals surface area contributed by atoms with Gasteiger partial charge >= 0.3 is 0 Å². The van der Waals surface area contributed by atoms with Crippen LogP contribution in [0.4, 0.5) is 0 Å². The Hall–Kier alpha value is -1.35. The molecule has 0 aromatic carbocycles. The molecule has 0 amide bonds. The molecule has 3 heterocycles. The van der Waals surface area contributed by atoms with Gasteiger partial charge < -0.3 is 9.30 Å². The number of fused-ring (bicyclic) bond motifs is 1. The topological polar surface area (TPSA) is 20.5 Å². The molecule has 3 rings (SSSR count). The Labute approximate surface area is 102 Å². The SMILES string of the molecule is CCN1CCCC(c2ncc3ccccn23)C1. The summed E-state index contributed by atoms with van der Waals surface area (Å²) in [4.78, 5) is 7.15. The van der Waals surface area contributed by atoms with Crippen molar-refractivity contribution in [2.75, 3.05) is 19.6 Å². The Balaban J connectivity index is 1.92. The highest BCUT2D eigenvalue weighted by Gasteiger charge is 2.23. The number of nitrogens with zero attached hydrogens (tertiary/aromatic N) is 3. The summed E-state index contributed by atoms with van der Waals surface area (Å²) in [6.45, 7) is 5.80. The molecule has 1 aliphatic rings. The van der Waals surface area contributed by atoms with Crippen LogP contribution in [0.2, 0.25) is 0 Å². The Morgan fingerprint density at radius 3 is 3.24 bits per heavy atom. The Bertz CT molecular complexity index is 503. The van der Waals surface area contributed by atoms with Gasteiger partial charge in [-0.3, -0.25) is 0 Å². The Morgan fingerprint density at radius 2 is 2.35 bits per heavy atom. The molecular weight excluding hydrogens is 210 g/mol. The minimum absolute atomic E-state index is 0.591. The summed E-state index contributed by atoms with van der Waals surface area (Å²) in [5.41, 5.74) is 1.20. The molecule has 1 aliphatic heterocycles. The smallest absolute Gasteiger partial charge is 0.117 e. The summed E-state index contributed by atoms with van der Waals surface area (Å²) in [5.74, 6) is 1.83. The largest absolute Gasteiger partial charge is 0.303 e. The van der Waals surface area contributed by atoms with Crippen molar-refractivity contribution in [2.24, 2.45) is 0 Å². The van der Waals surface area contributed by atoms with Crippen molar-refractivity contribution in [1.82, 2.24) is 14.3 Å². The van der Waals surface area contributed by atoms with Crippen molar-refractivity contribution in [3.05, 3.63) is 36.4 Å². The van der Waals surface area contributed by atoms with Crippen LogP contribution in [-0.2, 0) is 0 Å².